The first-order chi connectivity index (χ1) is 8.58. The quantitative estimate of drug-likeness (QED) is 0.635. The number of hydrogen-bond donors (Lipinski definition) is 1. The van der Waals surface area contributed by atoms with Crippen molar-refractivity contribution >= 4 is 17.7 Å². The van der Waals surface area contributed by atoms with E-state index < -0.39 is 0 Å². The number of methoxy groups -OCH3 is 1. The lowest BCUT2D eigenvalue weighted by atomic mass is 10.2. The molecule has 1 aromatic carbocycles. The molecule has 0 aliphatic rings. The van der Waals surface area contributed by atoms with Gasteiger partial charge in [0.15, 0.2) is 0 Å². The predicted octanol–water partition coefficient (Wildman–Crippen LogP) is 2.55. The Balaban J connectivity index is 2.63. The predicted molar refractivity (Wildman–Crippen MR) is 76.1 cm³/mol. The Morgan fingerprint density at radius 3 is 2.72 bits per heavy atom. The lowest BCUT2D eigenvalue weighted by Crippen LogP contribution is -2.39. The second-order valence-electron chi connectivity index (χ2n) is 4.21. The molecule has 0 radical (unpaired) electrons. The number of thioether (sulfide) groups is 1. The van der Waals surface area contributed by atoms with Gasteiger partial charge in [0.25, 0.3) is 0 Å². The average molecular weight is 267 g/mol. The molecule has 0 fully saturated rings. The van der Waals surface area contributed by atoms with E-state index in [2.05, 4.69) is 37.4 Å². The van der Waals surface area contributed by atoms with E-state index in [1.54, 1.807) is 11.8 Å². The SMILES string of the molecule is CCNC(CSc1ccc(C)cc1C)C(=O)OC. The van der Waals surface area contributed by atoms with Crippen LogP contribution in [0.5, 0.6) is 0 Å². The lowest BCUT2D eigenvalue weighted by molar-refractivity contribution is -0.142. The van der Waals surface area contributed by atoms with Gasteiger partial charge in [-0.15, -0.1) is 11.8 Å². The smallest absolute Gasteiger partial charge is 0.323 e. The number of nitrogens with one attached hydrogen (secondary N) is 1. The summed E-state index contributed by atoms with van der Waals surface area (Å²) in [4.78, 5) is 12.8. The van der Waals surface area contributed by atoms with Crippen LogP contribution in [0.4, 0.5) is 0 Å². The summed E-state index contributed by atoms with van der Waals surface area (Å²) in [6.45, 7) is 6.91. The van der Waals surface area contributed by atoms with Crippen LogP contribution in [-0.4, -0.2) is 31.4 Å². The van der Waals surface area contributed by atoms with Crippen LogP contribution in [0.1, 0.15) is 18.1 Å². The molecule has 0 spiro atoms. The molecule has 100 valence electrons. The maximum absolute atomic E-state index is 11.6. The number of rotatable bonds is 6. The lowest BCUT2D eigenvalue weighted by Gasteiger charge is -2.15. The first kappa shape index (κ1) is 15.1. The Bertz CT molecular complexity index is 407. The van der Waals surface area contributed by atoms with Crippen molar-refractivity contribution in [2.75, 3.05) is 19.4 Å². The number of ether oxygens (including phenoxy) is 1. The zero-order valence-corrected chi connectivity index (χ0v) is 12.3. The van der Waals surface area contributed by atoms with Crippen LogP contribution in [-0.2, 0) is 9.53 Å². The molecular formula is C14H21NO2S. The molecular weight excluding hydrogens is 246 g/mol. The monoisotopic (exact) mass is 267 g/mol. The fourth-order valence-corrected chi connectivity index (χ4v) is 2.78. The van der Waals surface area contributed by atoms with E-state index in [1.165, 1.54) is 23.1 Å². The molecule has 0 saturated carbocycles. The molecule has 1 aromatic rings. The summed E-state index contributed by atoms with van der Waals surface area (Å²) in [5.41, 5.74) is 2.51. The third-order valence-corrected chi connectivity index (χ3v) is 3.94. The van der Waals surface area contributed by atoms with Crippen LogP contribution in [0, 0.1) is 13.8 Å². The number of benzene rings is 1. The van der Waals surface area contributed by atoms with Crippen LogP contribution in [0.3, 0.4) is 0 Å². The van der Waals surface area contributed by atoms with Crippen LogP contribution in [0.2, 0.25) is 0 Å². The van der Waals surface area contributed by atoms with Gasteiger partial charge in [0.05, 0.1) is 7.11 Å². The molecule has 0 aliphatic carbocycles. The number of likely N-dealkylation sites (N-methyl/N-ethyl adjacent to an activating group) is 1. The minimum atomic E-state index is -0.245. The largest absolute Gasteiger partial charge is 0.468 e. The number of carbonyl (C=O) groups excluding carboxylic acids is 1. The molecule has 1 atom stereocenters. The normalized spacial score (nSPS) is 12.2. The van der Waals surface area contributed by atoms with Gasteiger partial charge >= 0.3 is 5.97 Å². The molecule has 0 aromatic heterocycles. The number of aryl methyl sites for hydroxylation is 2. The van der Waals surface area contributed by atoms with Crippen LogP contribution in [0.15, 0.2) is 23.1 Å². The molecule has 0 heterocycles. The Kier molecular flexibility index (Phi) is 6.22. The zero-order valence-electron chi connectivity index (χ0n) is 11.4. The third kappa shape index (κ3) is 4.35. The highest BCUT2D eigenvalue weighted by Gasteiger charge is 2.18. The maximum atomic E-state index is 11.6. The topological polar surface area (TPSA) is 38.3 Å². The molecule has 1 rings (SSSR count). The van der Waals surface area contributed by atoms with E-state index >= 15 is 0 Å². The standard InChI is InChI=1S/C14H21NO2S/c1-5-15-12(14(16)17-4)9-18-13-7-6-10(2)8-11(13)3/h6-8,12,15H,5,9H2,1-4H3. The van der Waals surface area contributed by atoms with Crippen molar-refractivity contribution in [3.8, 4) is 0 Å². The molecule has 3 nitrogen and oxygen atoms in total. The van der Waals surface area contributed by atoms with Crippen LogP contribution < -0.4 is 5.32 Å². The van der Waals surface area contributed by atoms with E-state index in [1.807, 2.05) is 6.92 Å². The van der Waals surface area contributed by atoms with Crippen molar-refractivity contribution in [3.63, 3.8) is 0 Å². The van der Waals surface area contributed by atoms with E-state index in [0.717, 1.165) is 6.54 Å². The molecule has 1 N–H and O–H groups in total. The van der Waals surface area contributed by atoms with Crippen molar-refractivity contribution in [3.05, 3.63) is 29.3 Å². The first-order valence-electron chi connectivity index (χ1n) is 6.09. The van der Waals surface area contributed by atoms with Crippen LogP contribution >= 0.6 is 11.8 Å². The molecule has 0 bridgehead atoms. The van der Waals surface area contributed by atoms with Crippen molar-refractivity contribution in [1.29, 1.82) is 0 Å². The summed E-state index contributed by atoms with van der Waals surface area (Å²) < 4.78 is 4.79. The number of esters is 1. The van der Waals surface area contributed by atoms with Gasteiger partial charge in [-0.2, -0.15) is 0 Å². The highest BCUT2D eigenvalue weighted by molar-refractivity contribution is 7.99. The molecule has 18 heavy (non-hydrogen) atoms. The van der Waals surface area contributed by atoms with Crippen molar-refractivity contribution < 1.29 is 9.53 Å². The Morgan fingerprint density at radius 1 is 1.44 bits per heavy atom. The summed E-state index contributed by atoms with van der Waals surface area (Å²) >= 11 is 1.68. The van der Waals surface area contributed by atoms with Gasteiger partial charge < -0.3 is 10.1 Å². The fraction of sp³-hybridized carbons (Fsp3) is 0.500. The highest BCUT2D eigenvalue weighted by Crippen LogP contribution is 2.23. The Hall–Kier alpha value is -1.00. The van der Waals surface area contributed by atoms with Gasteiger partial charge in [-0.25, -0.2) is 0 Å². The van der Waals surface area contributed by atoms with Crippen molar-refractivity contribution in [2.45, 2.75) is 31.7 Å². The first-order valence-corrected chi connectivity index (χ1v) is 7.08. The minimum absolute atomic E-state index is 0.200. The Labute approximate surface area is 113 Å². The minimum Gasteiger partial charge on any atom is -0.468 e. The molecule has 1 unspecified atom stereocenters. The molecule has 0 amide bonds. The van der Waals surface area contributed by atoms with E-state index in [-0.39, 0.29) is 12.0 Å². The molecule has 0 aliphatic heterocycles. The van der Waals surface area contributed by atoms with E-state index in [9.17, 15) is 4.79 Å². The van der Waals surface area contributed by atoms with Gasteiger partial charge in [-0.1, -0.05) is 24.6 Å². The van der Waals surface area contributed by atoms with Crippen molar-refractivity contribution in [2.24, 2.45) is 0 Å². The van der Waals surface area contributed by atoms with Gasteiger partial charge in [0, 0.05) is 10.6 Å². The summed E-state index contributed by atoms with van der Waals surface area (Å²) in [5.74, 6) is 0.485. The van der Waals surface area contributed by atoms with Gasteiger partial charge in [-0.3, -0.25) is 4.79 Å². The average Bonchev–Trinajstić information content (AvgIpc) is 2.35. The highest BCUT2D eigenvalue weighted by atomic mass is 32.2. The van der Waals surface area contributed by atoms with Crippen molar-refractivity contribution in [1.82, 2.24) is 5.32 Å². The number of hydrogen-bond acceptors (Lipinski definition) is 4. The van der Waals surface area contributed by atoms with E-state index in [0.29, 0.717) is 5.75 Å². The second kappa shape index (κ2) is 7.44. The summed E-state index contributed by atoms with van der Waals surface area (Å²) in [5, 5.41) is 3.14. The fourth-order valence-electron chi connectivity index (χ4n) is 1.73. The third-order valence-electron chi connectivity index (χ3n) is 2.67. The van der Waals surface area contributed by atoms with Gasteiger partial charge in [0.1, 0.15) is 6.04 Å². The van der Waals surface area contributed by atoms with Crippen LogP contribution in [0.25, 0.3) is 0 Å². The molecule has 0 saturated heterocycles. The zero-order chi connectivity index (χ0) is 13.5. The Morgan fingerprint density at radius 2 is 2.17 bits per heavy atom. The van der Waals surface area contributed by atoms with E-state index in [4.69, 9.17) is 4.74 Å². The number of carbonyl (C=O) groups is 1. The summed E-state index contributed by atoms with van der Waals surface area (Å²) in [6, 6.07) is 6.11. The summed E-state index contributed by atoms with van der Waals surface area (Å²) in [7, 11) is 1.43. The summed E-state index contributed by atoms with van der Waals surface area (Å²) in [6.07, 6.45) is 0. The molecule has 4 heteroatoms. The van der Waals surface area contributed by atoms with Gasteiger partial charge in [-0.05, 0) is 32.0 Å². The second-order valence-corrected chi connectivity index (χ2v) is 5.28. The van der Waals surface area contributed by atoms with Gasteiger partial charge in [0.2, 0.25) is 0 Å². The maximum Gasteiger partial charge on any atom is 0.323 e.